The second-order valence-electron chi connectivity index (χ2n) is 12.7. The number of ketones is 2. The summed E-state index contributed by atoms with van der Waals surface area (Å²) in [7, 11) is 0. The van der Waals surface area contributed by atoms with Gasteiger partial charge in [-0.25, -0.2) is 0 Å². The zero-order chi connectivity index (χ0) is 31.5. The predicted octanol–water partition coefficient (Wildman–Crippen LogP) is 4.32. The number of H-pyrrole nitrogens is 1. The number of carbonyl (C=O) groups excluding carboxylic acids is 5. The van der Waals surface area contributed by atoms with Crippen molar-refractivity contribution < 1.29 is 28.7 Å². The molecule has 1 aliphatic heterocycles. The summed E-state index contributed by atoms with van der Waals surface area (Å²) in [6, 6.07) is 2.95. The highest BCUT2D eigenvalue weighted by atomic mass is 35.5. The maximum absolute atomic E-state index is 14.0. The number of hydrogen-bond donors (Lipinski definition) is 3. The lowest BCUT2D eigenvalue weighted by atomic mass is 9.91. The first kappa shape index (κ1) is 32.4. The molecule has 2 aromatic rings. The standard InChI is InChI=1S/C32H40Cl2N4O6/c1-17(2)16-44-10-9-35-31(42)29(40)25(11-18-5-4-8-27(18)39)37-30(41)28-21-7-3-6-19(21)15-38(28)32(43)26-14-22-23(34)12-20(33)13-24(22)36-26/h12-14,17-19,21,25,28,36H,3-11,15-16H2,1-2H3,(H,35,42)(H,37,41). The van der Waals surface area contributed by atoms with Crippen LogP contribution in [0.15, 0.2) is 18.2 Å². The van der Waals surface area contributed by atoms with Crippen LogP contribution in [-0.4, -0.2) is 77.6 Å². The Morgan fingerprint density at radius 3 is 2.61 bits per heavy atom. The fourth-order valence-electron chi connectivity index (χ4n) is 6.99. The lowest BCUT2D eigenvalue weighted by Gasteiger charge is -2.29. The minimum Gasteiger partial charge on any atom is -0.379 e. The normalized spacial score (nSPS) is 23.8. The Balaban J connectivity index is 1.33. The first-order valence-electron chi connectivity index (χ1n) is 15.5. The van der Waals surface area contributed by atoms with Gasteiger partial charge in [-0.2, -0.15) is 0 Å². The number of fused-ring (bicyclic) bond motifs is 2. The molecule has 5 rings (SSSR count). The van der Waals surface area contributed by atoms with Crippen LogP contribution in [0, 0.1) is 23.7 Å². The molecule has 1 aromatic heterocycles. The third kappa shape index (κ3) is 7.13. The first-order valence-corrected chi connectivity index (χ1v) is 16.3. The van der Waals surface area contributed by atoms with E-state index in [1.165, 1.54) is 0 Å². The average molecular weight is 648 g/mol. The molecule has 44 heavy (non-hydrogen) atoms. The Kier molecular flexibility index (Phi) is 10.3. The van der Waals surface area contributed by atoms with E-state index in [1.807, 2.05) is 13.8 Å². The molecule has 3 N–H and O–H groups in total. The average Bonchev–Trinajstić information content (AvgIpc) is 3.75. The fraction of sp³-hybridized carbons (Fsp3) is 0.594. The van der Waals surface area contributed by atoms with E-state index in [4.69, 9.17) is 27.9 Å². The lowest BCUT2D eigenvalue weighted by Crippen LogP contribution is -2.55. The number of aromatic amines is 1. The maximum Gasteiger partial charge on any atom is 0.289 e. The molecule has 3 fully saturated rings. The predicted molar refractivity (Wildman–Crippen MR) is 167 cm³/mol. The van der Waals surface area contributed by atoms with Gasteiger partial charge >= 0.3 is 0 Å². The van der Waals surface area contributed by atoms with Gasteiger partial charge in [-0.05, 0) is 68.1 Å². The highest BCUT2D eigenvalue weighted by Gasteiger charge is 2.50. The molecule has 0 bridgehead atoms. The summed E-state index contributed by atoms with van der Waals surface area (Å²) in [5, 5.41) is 6.89. The summed E-state index contributed by atoms with van der Waals surface area (Å²) in [5.74, 6) is -2.43. The number of benzene rings is 1. The van der Waals surface area contributed by atoms with Gasteiger partial charge in [-0.1, -0.05) is 43.5 Å². The van der Waals surface area contributed by atoms with Gasteiger partial charge in [0.15, 0.2) is 0 Å². The monoisotopic (exact) mass is 646 g/mol. The number of nitrogens with zero attached hydrogens (tertiary/aromatic N) is 1. The summed E-state index contributed by atoms with van der Waals surface area (Å²) < 4.78 is 5.49. The van der Waals surface area contributed by atoms with E-state index in [-0.39, 0.29) is 48.8 Å². The van der Waals surface area contributed by atoms with Crippen LogP contribution in [0.5, 0.6) is 0 Å². The van der Waals surface area contributed by atoms with Crippen LogP contribution < -0.4 is 10.6 Å². The lowest BCUT2D eigenvalue weighted by molar-refractivity contribution is -0.141. The molecule has 5 atom stereocenters. The van der Waals surface area contributed by atoms with Crippen molar-refractivity contribution in [1.82, 2.24) is 20.5 Å². The van der Waals surface area contributed by atoms with Crippen molar-refractivity contribution in [3.05, 3.63) is 33.9 Å². The van der Waals surface area contributed by atoms with Gasteiger partial charge in [0.25, 0.3) is 11.8 Å². The molecular formula is C32H40Cl2N4O6. The SMILES string of the molecule is CC(C)COCCNC(=O)C(=O)C(CC1CCCC1=O)NC(=O)C1C2CCCC2CN1C(=O)c1cc2c(Cl)cc(Cl)cc2[nH]1. The van der Waals surface area contributed by atoms with Gasteiger partial charge < -0.3 is 25.3 Å². The van der Waals surface area contributed by atoms with Crippen molar-refractivity contribution in [2.24, 2.45) is 23.7 Å². The number of hydrogen-bond acceptors (Lipinski definition) is 6. The van der Waals surface area contributed by atoms with Crippen LogP contribution in [-0.2, 0) is 23.9 Å². The molecule has 3 amide bonds. The summed E-state index contributed by atoms with van der Waals surface area (Å²) >= 11 is 12.5. The van der Waals surface area contributed by atoms with Gasteiger partial charge in [0, 0.05) is 48.0 Å². The van der Waals surface area contributed by atoms with Crippen molar-refractivity contribution in [3.8, 4) is 0 Å². The number of amides is 3. The summed E-state index contributed by atoms with van der Waals surface area (Å²) in [6.45, 7) is 5.36. The smallest absolute Gasteiger partial charge is 0.289 e. The number of carbonyl (C=O) groups is 5. The molecule has 10 nitrogen and oxygen atoms in total. The molecule has 1 saturated heterocycles. The van der Waals surface area contributed by atoms with Crippen LogP contribution in [0.4, 0.5) is 0 Å². The molecule has 12 heteroatoms. The van der Waals surface area contributed by atoms with Crippen LogP contribution in [0.25, 0.3) is 10.9 Å². The van der Waals surface area contributed by atoms with Gasteiger partial charge in [-0.15, -0.1) is 0 Å². The van der Waals surface area contributed by atoms with Crippen LogP contribution >= 0.6 is 23.2 Å². The molecule has 1 aromatic carbocycles. The topological polar surface area (TPSA) is 138 Å². The van der Waals surface area contributed by atoms with Crippen molar-refractivity contribution in [2.45, 2.75) is 70.9 Å². The van der Waals surface area contributed by atoms with Crippen LogP contribution in [0.2, 0.25) is 10.0 Å². The molecule has 2 aliphatic carbocycles. The first-order chi connectivity index (χ1) is 21.0. The van der Waals surface area contributed by atoms with E-state index >= 15 is 0 Å². The zero-order valence-corrected chi connectivity index (χ0v) is 26.6. The largest absolute Gasteiger partial charge is 0.379 e. The Hall–Kier alpha value is -2.95. The summed E-state index contributed by atoms with van der Waals surface area (Å²) in [5.41, 5.74) is 0.893. The Morgan fingerprint density at radius 2 is 1.89 bits per heavy atom. The molecule has 3 aliphatic rings. The maximum atomic E-state index is 14.0. The Morgan fingerprint density at radius 1 is 1.09 bits per heavy atom. The van der Waals surface area contributed by atoms with Gasteiger partial charge in [-0.3, -0.25) is 24.0 Å². The third-order valence-corrected chi connectivity index (χ3v) is 9.62. The fourth-order valence-corrected chi connectivity index (χ4v) is 7.54. The molecular weight excluding hydrogens is 607 g/mol. The van der Waals surface area contributed by atoms with Crippen molar-refractivity contribution in [3.63, 3.8) is 0 Å². The van der Waals surface area contributed by atoms with E-state index in [2.05, 4.69) is 15.6 Å². The second kappa shape index (κ2) is 14.0. The van der Waals surface area contributed by atoms with Crippen molar-refractivity contribution >= 4 is 63.4 Å². The van der Waals surface area contributed by atoms with E-state index in [1.54, 1.807) is 23.1 Å². The minimum absolute atomic E-state index is 0.0330. The molecule has 2 saturated carbocycles. The number of halogens is 2. The van der Waals surface area contributed by atoms with Crippen molar-refractivity contribution in [2.75, 3.05) is 26.3 Å². The highest BCUT2D eigenvalue weighted by molar-refractivity contribution is 6.39. The number of nitrogens with one attached hydrogen (secondary N) is 3. The third-order valence-electron chi connectivity index (χ3n) is 9.09. The molecule has 0 radical (unpaired) electrons. The van der Waals surface area contributed by atoms with Crippen LogP contribution in [0.3, 0.4) is 0 Å². The van der Waals surface area contributed by atoms with Crippen LogP contribution in [0.1, 0.15) is 69.3 Å². The van der Waals surface area contributed by atoms with Gasteiger partial charge in [0.05, 0.1) is 17.7 Å². The van der Waals surface area contributed by atoms with E-state index in [9.17, 15) is 24.0 Å². The van der Waals surface area contributed by atoms with Gasteiger partial charge in [0.1, 0.15) is 17.5 Å². The Labute approximate surface area is 266 Å². The molecule has 5 unspecified atom stereocenters. The number of aromatic nitrogens is 1. The summed E-state index contributed by atoms with van der Waals surface area (Å²) in [6.07, 6.45) is 4.41. The Bertz CT molecular complexity index is 1440. The minimum atomic E-state index is -1.18. The molecule has 0 spiro atoms. The number of Topliss-reactive ketones (excluding diaryl/α,β-unsaturated/α-hetero) is 2. The zero-order valence-electron chi connectivity index (χ0n) is 25.1. The highest BCUT2D eigenvalue weighted by Crippen LogP contribution is 2.43. The van der Waals surface area contributed by atoms with Crippen molar-refractivity contribution in [1.29, 1.82) is 0 Å². The molecule has 238 valence electrons. The van der Waals surface area contributed by atoms with E-state index in [0.717, 1.165) is 19.3 Å². The van der Waals surface area contributed by atoms with E-state index in [0.29, 0.717) is 59.3 Å². The summed E-state index contributed by atoms with van der Waals surface area (Å²) in [4.78, 5) is 71.3. The number of rotatable bonds is 12. The second-order valence-corrected chi connectivity index (χ2v) is 13.6. The number of likely N-dealkylation sites (tertiary alicyclic amines) is 1. The number of ether oxygens (including phenoxy) is 1. The van der Waals surface area contributed by atoms with E-state index < -0.39 is 35.6 Å². The molecule has 2 heterocycles. The van der Waals surface area contributed by atoms with Gasteiger partial charge in [0.2, 0.25) is 11.7 Å². The quantitative estimate of drug-likeness (QED) is 0.232.